The van der Waals surface area contributed by atoms with Gasteiger partial charge in [-0.25, -0.2) is 4.98 Å². The topological polar surface area (TPSA) is 72.0 Å². The average molecular weight is 305 g/mol. The Morgan fingerprint density at radius 2 is 2.05 bits per heavy atom. The highest BCUT2D eigenvalue weighted by atomic mass is 32.1. The van der Waals surface area contributed by atoms with Gasteiger partial charge in [-0.1, -0.05) is 38.1 Å². The van der Waals surface area contributed by atoms with E-state index in [1.54, 1.807) is 6.92 Å². The number of rotatable bonds is 5. The molecule has 1 heterocycles. The standard InChI is InChI=1S/C13H13N3O2S.C2H6/c1-9-14-13(19-16-9)15-12(18)8-11-4-2-3-10(7-11)5-6-17;1-2/h2-4,6-7H,5,8H2,1H3,(H,14,15,16,18);1-2H3. The fraction of sp³-hybridized carbons (Fsp3) is 0.333. The minimum absolute atomic E-state index is 0.139. The number of benzene rings is 1. The molecule has 0 bridgehead atoms. The maximum atomic E-state index is 11.8. The summed E-state index contributed by atoms with van der Waals surface area (Å²) < 4.78 is 3.99. The van der Waals surface area contributed by atoms with Crippen molar-refractivity contribution in [3.63, 3.8) is 0 Å². The molecule has 0 fully saturated rings. The summed E-state index contributed by atoms with van der Waals surface area (Å²) in [5.41, 5.74) is 1.78. The molecule has 21 heavy (non-hydrogen) atoms. The Labute approximate surface area is 128 Å². The summed E-state index contributed by atoms with van der Waals surface area (Å²) in [4.78, 5) is 26.3. The molecule has 0 aliphatic heterocycles. The predicted octanol–water partition coefficient (Wildman–Crippen LogP) is 2.80. The van der Waals surface area contributed by atoms with Gasteiger partial charge in [-0.15, -0.1) is 0 Å². The minimum Gasteiger partial charge on any atom is -0.303 e. The lowest BCUT2D eigenvalue weighted by molar-refractivity contribution is -0.115. The number of hydrogen-bond acceptors (Lipinski definition) is 5. The van der Waals surface area contributed by atoms with Gasteiger partial charge in [0.1, 0.15) is 12.1 Å². The number of carbonyl (C=O) groups excluding carboxylic acids is 2. The monoisotopic (exact) mass is 305 g/mol. The lowest BCUT2D eigenvalue weighted by Crippen LogP contribution is -2.14. The van der Waals surface area contributed by atoms with Crippen molar-refractivity contribution in [2.45, 2.75) is 33.6 Å². The van der Waals surface area contributed by atoms with Gasteiger partial charge < -0.3 is 10.1 Å². The number of amides is 1. The summed E-state index contributed by atoms with van der Waals surface area (Å²) in [6.07, 6.45) is 1.47. The van der Waals surface area contributed by atoms with E-state index in [0.29, 0.717) is 17.4 Å². The van der Waals surface area contributed by atoms with Crippen molar-refractivity contribution in [2.75, 3.05) is 5.32 Å². The molecule has 112 valence electrons. The van der Waals surface area contributed by atoms with Crippen LogP contribution in [0, 0.1) is 6.92 Å². The van der Waals surface area contributed by atoms with Gasteiger partial charge in [0.15, 0.2) is 0 Å². The molecule has 1 aromatic carbocycles. The van der Waals surface area contributed by atoms with E-state index in [1.807, 2.05) is 38.1 Å². The van der Waals surface area contributed by atoms with Crippen molar-refractivity contribution in [1.29, 1.82) is 0 Å². The maximum absolute atomic E-state index is 11.8. The Hall–Kier alpha value is -2.08. The highest BCUT2D eigenvalue weighted by Crippen LogP contribution is 2.11. The predicted molar refractivity (Wildman–Crippen MR) is 84.5 cm³/mol. The first kappa shape index (κ1) is 17.0. The molecule has 0 aliphatic carbocycles. The van der Waals surface area contributed by atoms with Crippen LogP contribution in [0.4, 0.5) is 5.13 Å². The first-order chi connectivity index (χ1) is 10.2. The first-order valence-corrected chi connectivity index (χ1v) is 7.56. The van der Waals surface area contributed by atoms with Crippen LogP contribution < -0.4 is 5.32 Å². The average Bonchev–Trinajstić information content (AvgIpc) is 2.87. The lowest BCUT2D eigenvalue weighted by atomic mass is 10.1. The quantitative estimate of drug-likeness (QED) is 0.862. The first-order valence-electron chi connectivity index (χ1n) is 6.79. The fourth-order valence-electron chi connectivity index (χ4n) is 1.66. The summed E-state index contributed by atoms with van der Waals surface area (Å²) in [7, 11) is 0. The van der Waals surface area contributed by atoms with Crippen LogP contribution in [0.3, 0.4) is 0 Å². The van der Waals surface area contributed by atoms with Crippen LogP contribution in [0.1, 0.15) is 30.8 Å². The third-order valence-electron chi connectivity index (χ3n) is 2.45. The van der Waals surface area contributed by atoms with Crippen LogP contribution in [0.5, 0.6) is 0 Å². The van der Waals surface area contributed by atoms with Gasteiger partial charge in [0.25, 0.3) is 0 Å². The molecule has 2 aromatic rings. The molecular formula is C15H19N3O2S. The summed E-state index contributed by atoms with van der Waals surface area (Å²) in [6.45, 7) is 5.77. The number of aromatic nitrogens is 2. The van der Waals surface area contributed by atoms with E-state index in [2.05, 4.69) is 14.7 Å². The molecule has 0 radical (unpaired) electrons. The largest absolute Gasteiger partial charge is 0.303 e. The molecule has 0 aliphatic rings. The number of aryl methyl sites for hydroxylation is 1. The summed E-state index contributed by atoms with van der Waals surface area (Å²) in [6, 6.07) is 7.43. The number of aldehydes is 1. The van der Waals surface area contributed by atoms with Crippen molar-refractivity contribution < 1.29 is 9.59 Å². The van der Waals surface area contributed by atoms with Crippen molar-refractivity contribution >= 4 is 28.9 Å². The number of carbonyl (C=O) groups is 2. The van der Waals surface area contributed by atoms with E-state index in [0.717, 1.165) is 28.9 Å². The highest BCUT2D eigenvalue weighted by molar-refractivity contribution is 7.09. The van der Waals surface area contributed by atoms with Crippen molar-refractivity contribution in [2.24, 2.45) is 0 Å². The molecule has 0 saturated carbocycles. The van der Waals surface area contributed by atoms with E-state index in [4.69, 9.17) is 0 Å². The maximum Gasteiger partial charge on any atom is 0.230 e. The Balaban J connectivity index is 0.00000106. The van der Waals surface area contributed by atoms with Crippen LogP contribution in [0.2, 0.25) is 0 Å². The molecule has 0 unspecified atom stereocenters. The summed E-state index contributed by atoms with van der Waals surface area (Å²) in [5.74, 6) is 0.507. The number of anilines is 1. The zero-order chi connectivity index (χ0) is 15.7. The molecule has 0 spiro atoms. The second-order valence-corrected chi connectivity index (χ2v) is 4.81. The Morgan fingerprint density at radius 1 is 1.33 bits per heavy atom. The molecule has 2 rings (SSSR count). The second kappa shape index (κ2) is 8.97. The molecular weight excluding hydrogens is 286 g/mol. The van der Waals surface area contributed by atoms with E-state index in [-0.39, 0.29) is 12.3 Å². The van der Waals surface area contributed by atoms with Gasteiger partial charge >= 0.3 is 0 Å². The van der Waals surface area contributed by atoms with Crippen molar-refractivity contribution in [3.8, 4) is 0 Å². The second-order valence-electron chi connectivity index (χ2n) is 4.06. The molecule has 6 heteroatoms. The fourth-order valence-corrected chi connectivity index (χ4v) is 2.25. The van der Waals surface area contributed by atoms with Gasteiger partial charge in [-0.2, -0.15) is 4.37 Å². The molecule has 1 N–H and O–H groups in total. The Kier molecular flexibility index (Phi) is 7.25. The van der Waals surface area contributed by atoms with Crippen molar-refractivity contribution in [1.82, 2.24) is 9.36 Å². The smallest absolute Gasteiger partial charge is 0.230 e. The third-order valence-corrected chi connectivity index (χ3v) is 3.17. The Bertz CT molecular complexity index is 596. The van der Waals surface area contributed by atoms with Crippen LogP contribution in [-0.2, 0) is 22.4 Å². The summed E-state index contributed by atoms with van der Waals surface area (Å²) >= 11 is 1.16. The minimum atomic E-state index is -0.139. The van der Waals surface area contributed by atoms with Gasteiger partial charge in [0, 0.05) is 18.0 Å². The Morgan fingerprint density at radius 3 is 2.67 bits per heavy atom. The van der Waals surface area contributed by atoms with Crippen LogP contribution in [-0.4, -0.2) is 21.6 Å². The van der Waals surface area contributed by atoms with Gasteiger partial charge in [-0.3, -0.25) is 4.79 Å². The van der Waals surface area contributed by atoms with Crippen LogP contribution in [0.15, 0.2) is 24.3 Å². The zero-order valence-corrected chi connectivity index (χ0v) is 13.2. The van der Waals surface area contributed by atoms with Gasteiger partial charge in [-0.05, 0) is 18.1 Å². The van der Waals surface area contributed by atoms with E-state index in [9.17, 15) is 9.59 Å². The number of nitrogens with zero attached hydrogens (tertiary/aromatic N) is 2. The molecule has 0 saturated heterocycles. The zero-order valence-electron chi connectivity index (χ0n) is 12.4. The molecule has 1 aromatic heterocycles. The molecule has 5 nitrogen and oxygen atoms in total. The molecule has 1 amide bonds. The SMILES string of the molecule is CC.Cc1nsc(NC(=O)Cc2cccc(CC=O)c2)n1. The van der Waals surface area contributed by atoms with Gasteiger partial charge in [0.05, 0.1) is 6.42 Å². The number of nitrogens with one attached hydrogen (secondary N) is 1. The van der Waals surface area contributed by atoms with E-state index in [1.165, 1.54) is 0 Å². The highest BCUT2D eigenvalue weighted by Gasteiger charge is 2.07. The number of hydrogen-bond donors (Lipinski definition) is 1. The summed E-state index contributed by atoms with van der Waals surface area (Å²) in [5, 5.41) is 3.21. The molecule has 0 atom stereocenters. The van der Waals surface area contributed by atoms with E-state index >= 15 is 0 Å². The third kappa shape index (κ3) is 5.83. The van der Waals surface area contributed by atoms with Gasteiger partial charge in [0.2, 0.25) is 11.0 Å². The lowest BCUT2D eigenvalue weighted by Gasteiger charge is -2.03. The normalized spacial score (nSPS) is 9.48. The van der Waals surface area contributed by atoms with Crippen LogP contribution in [0.25, 0.3) is 0 Å². The van der Waals surface area contributed by atoms with E-state index < -0.39 is 0 Å². The van der Waals surface area contributed by atoms with Crippen molar-refractivity contribution in [3.05, 3.63) is 41.2 Å². The van der Waals surface area contributed by atoms with Crippen LogP contribution >= 0.6 is 11.5 Å².